The third kappa shape index (κ3) is 6.25. The highest BCUT2D eigenvalue weighted by Crippen LogP contribution is 2.27. The number of carbonyl (C=O) groups is 1. The third-order valence-electron chi connectivity index (χ3n) is 5.98. The maximum atomic E-state index is 13.5. The molecule has 2 atom stereocenters. The maximum absolute atomic E-state index is 13.5. The topological polar surface area (TPSA) is 44.8 Å². The average Bonchev–Trinajstić information content (AvgIpc) is 2.83. The van der Waals surface area contributed by atoms with Crippen LogP contribution in [0, 0.1) is 0 Å². The molecular weight excluding hydrogens is 406 g/mol. The van der Waals surface area contributed by atoms with Gasteiger partial charge in [-0.1, -0.05) is 56.3 Å². The lowest BCUT2D eigenvalue weighted by Gasteiger charge is -2.35. The Bertz CT molecular complexity index is 807. The Hall–Kier alpha value is -2.02. The monoisotopic (exact) mass is 441 g/mol. The quantitative estimate of drug-likeness (QED) is 0.604. The molecule has 0 radical (unpaired) electrons. The minimum absolute atomic E-state index is 0.0816. The third-order valence-corrected chi connectivity index (χ3v) is 6.92. The van der Waals surface area contributed by atoms with Crippen molar-refractivity contribution in [3.63, 3.8) is 0 Å². The molecule has 1 aliphatic heterocycles. The van der Waals surface area contributed by atoms with Gasteiger partial charge in [0.1, 0.15) is 11.8 Å². The summed E-state index contributed by atoms with van der Waals surface area (Å²) in [6.07, 6.45) is 0. The van der Waals surface area contributed by atoms with Gasteiger partial charge in [0.25, 0.3) is 0 Å². The number of nitrogens with one attached hydrogen (secondary N) is 1. The van der Waals surface area contributed by atoms with E-state index in [2.05, 4.69) is 53.2 Å². The molecule has 3 rings (SSSR count). The number of hydrogen-bond donors (Lipinski definition) is 1. The zero-order chi connectivity index (χ0) is 22.1. The molecule has 0 spiro atoms. The summed E-state index contributed by atoms with van der Waals surface area (Å²) in [5.74, 6) is 3.07. The highest BCUT2D eigenvalue weighted by molar-refractivity contribution is 7.99. The summed E-state index contributed by atoms with van der Waals surface area (Å²) in [7, 11) is 1.69. The molecular formula is C25H35N3O2S. The predicted octanol–water partition coefficient (Wildman–Crippen LogP) is 3.98. The fourth-order valence-corrected chi connectivity index (χ4v) is 5.20. The van der Waals surface area contributed by atoms with Gasteiger partial charge in [0, 0.05) is 31.1 Å². The summed E-state index contributed by atoms with van der Waals surface area (Å²) in [6, 6.07) is 18.2. The minimum atomic E-state index is -0.246. The van der Waals surface area contributed by atoms with Crippen LogP contribution in [0.4, 0.5) is 0 Å². The first-order chi connectivity index (χ1) is 15.2. The van der Waals surface area contributed by atoms with Crippen molar-refractivity contribution in [1.29, 1.82) is 0 Å². The lowest BCUT2D eigenvalue weighted by Crippen LogP contribution is -2.46. The Balaban J connectivity index is 1.80. The molecule has 0 aliphatic carbocycles. The molecule has 6 heteroatoms. The Labute approximate surface area is 191 Å². The van der Waals surface area contributed by atoms with E-state index in [-0.39, 0.29) is 18.0 Å². The van der Waals surface area contributed by atoms with Crippen molar-refractivity contribution >= 4 is 17.7 Å². The molecule has 31 heavy (non-hydrogen) atoms. The minimum Gasteiger partial charge on any atom is -0.497 e. The van der Waals surface area contributed by atoms with Gasteiger partial charge in [0.15, 0.2) is 0 Å². The second kappa shape index (κ2) is 12.1. The summed E-state index contributed by atoms with van der Waals surface area (Å²) in [5, 5.41) is 3.29. The lowest BCUT2D eigenvalue weighted by molar-refractivity contribution is -0.126. The number of hydrogen-bond acceptors (Lipinski definition) is 5. The van der Waals surface area contributed by atoms with E-state index >= 15 is 0 Å². The molecule has 2 aromatic rings. The van der Waals surface area contributed by atoms with Gasteiger partial charge in [-0.05, 0) is 36.3 Å². The van der Waals surface area contributed by atoms with E-state index in [9.17, 15) is 4.79 Å². The van der Waals surface area contributed by atoms with Gasteiger partial charge in [-0.25, -0.2) is 0 Å². The number of rotatable bonds is 10. The molecule has 0 aromatic heterocycles. The first-order valence-corrected chi connectivity index (χ1v) is 12.4. The van der Waals surface area contributed by atoms with E-state index < -0.39 is 0 Å². The van der Waals surface area contributed by atoms with E-state index in [0.717, 1.165) is 54.6 Å². The largest absolute Gasteiger partial charge is 0.497 e. The Morgan fingerprint density at radius 1 is 1.06 bits per heavy atom. The number of benzene rings is 2. The molecule has 1 aliphatic rings. The zero-order valence-corrected chi connectivity index (χ0v) is 19.7. The first kappa shape index (κ1) is 23.6. The van der Waals surface area contributed by atoms with Crippen LogP contribution in [0.2, 0.25) is 0 Å². The number of methoxy groups -OCH3 is 1. The molecule has 2 aromatic carbocycles. The van der Waals surface area contributed by atoms with Crippen molar-refractivity contribution in [2.24, 2.45) is 0 Å². The first-order valence-electron chi connectivity index (χ1n) is 11.2. The van der Waals surface area contributed by atoms with Crippen LogP contribution >= 0.6 is 11.8 Å². The molecule has 1 heterocycles. The van der Waals surface area contributed by atoms with Crippen molar-refractivity contribution in [3.05, 3.63) is 65.7 Å². The van der Waals surface area contributed by atoms with Crippen LogP contribution in [0.3, 0.4) is 0 Å². The van der Waals surface area contributed by atoms with Crippen LogP contribution in [0.5, 0.6) is 5.75 Å². The number of likely N-dealkylation sites (N-methyl/N-ethyl adjacent to an activating group) is 1. The average molecular weight is 442 g/mol. The van der Waals surface area contributed by atoms with Gasteiger partial charge in [0.2, 0.25) is 5.91 Å². The molecule has 1 fully saturated rings. The second-order valence-electron chi connectivity index (χ2n) is 7.72. The highest BCUT2D eigenvalue weighted by atomic mass is 32.2. The number of nitrogens with zero attached hydrogens (tertiary/aromatic N) is 2. The summed E-state index contributed by atoms with van der Waals surface area (Å²) in [6.45, 7) is 8.60. The maximum Gasteiger partial charge on any atom is 0.242 e. The van der Waals surface area contributed by atoms with Gasteiger partial charge in [-0.3, -0.25) is 14.6 Å². The van der Waals surface area contributed by atoms with E-state index in [1.807, 2.05) is 42.1 Å². The lowest BCUT2D eigenvalue weighted by atomic mass is 10.0. The summed E-state index contributed by atoms with van der Waals surface area (Å²) in [5.41, 5.74) is 2.22. The van der Waals surface area contributed by atoms with Gasteiger partial charge >= 0.3 is 0 Å². The van der Waals surface area contributed by atoms with E-state index in [4.69, 9.17) is 4.74 Å². The number of carbonyl (C=O) groups excluding carboxylic acids is 1. The van der Waals surface area contributed by atoms with Crippen LogP contribution in [-0.4, -0.2) is 67.0 Å². The van der Waals surface area contributed by atoms with Gasteiger partial charge in [-0.15, -0.1) is 0 Å². The van der Waals surface area contributed by atoms with E-state index in [0.29, 0.717) is 6.54 Å². The van der Waals surface area contributed by atoms with Crippen molar-refractivity contribution in [2.75, 3.05) is 51.3 Å². The molecule has 5 nitrogen and oxygen atoms in total. The van der Waals surface area contributed by atoms with Crippen molar-refractivity contribution in [2.45, 2.75) is 25.9 Å². The van der Waals surface area contributed by atoms with Crippen molar-refractivity contribution in [1.82, 2.24) is 15.1 Å². The van der Waals surface area contributed by atoms with Crippen LogP contribution < -0.4 is 10.1 Å². The summed E-state index contributed by atoms with van der Waals surface area (Å²) < 4.78 is 5.44. The van der Waals surface area contributed by atoms with Crippen LogP contribution in [0.25, 0.3) is 0 Å². The molecule has 1 amide bonds. The fraction of sp³-hybridized carbons (Fsp3) is 0.480. The molecule has 168 valence electrons. The standard InChI is InChI=1S/C25H35N3O2S/c1-4-27(5-2)23(21-12-9-13-22(18-21)30-3)19-26-25(29)24(20-10-7-6-8-11-20)28-14-16-31-17-15-28/h6-13,18,23-24H,4-5,14-17,19H2,1-3H3,(H,26,29). The van der Waals surface area contributed by atoms with Crippen LogP contribution in [0.1, 0.15) is 37.1 Å². The summed E-state index contributed by atoms with van der Waals surface area (Å²) in [4.78, 5) is 18.2. The predicted molar refractivity (Wildman–Crippen MR) is 130 cm³/mol. The molecule has 0 bridgehead atoms. The van der Waals surface area contributed by atoms with Crippen LogP contribution in [-0.2, 0) is 4.79 Å². The number of amides is 1. The molecule has 0 saturated carbocycles. The summed E-state index contributed by atoms with van der Waals surface area (Å²) >= 11 is 1.96. The zero-order valence-electron chi connectivity index (χ0n) is 18.9. The Kier molecular flexibility index (Phi) is 9.25. The van der Waals surface area contributed by atoms with Gasteiger partial charge in [-0.2, -0.15) is 11.8 Å². The van der Waals surface area contributed by atoms with Crippen LogP contribution in [0.15, 0.2) is 54.6 Å². The molecule has 1 N–H and O–H groups in total. The normalized spacial score (nSPS) is 16.6. The Morgan fingerprint density at radius 2 is 1.74 bits per heavy atom. The van der Waals surface area contributed by atoms with Crippen molar-refractivity contribution < 1.29 is 9.53 Å². The second-order valence-corrected chi connectivity index (χ2v) is 8.95. The van der Waals surface area contributed by atoms with Gasteiger partial charge < -0.3 is 10.1 Å². The SMILES string of the molecule is CCN(CC)C(CNC(=O)C(c1ccccc1)N1CCSCC1)c1cccc(OC)c1. The molecule has 2 unspecified atom stereocenters. The van der Waals surface area contributed by atoms with E-state index in [1.54, 1.807) is 7.11 Å². The molecule has 1 saturated heterocycles. The smallest absolute Gasteiger partial charge is 0.242 e. The van der Waals surface area contributed by atoms with Crippen molar-refractivity contribution in [3.8, 4) is 5.75 Å². The highest BCUT2D eigenvalue weighted by Gasteiger charge is 2.30. The number of thioether (sulfide) groups is 1. The van der Waals surface area contributed by atoms with Gasteiger partial charge in [0.05, 0.1) is 13.2 Å². The fourth-order valence-electron chi connectivity index (χ4n) is 4.26. The number of ether oxygens (including phenoxy) is 1. The van der Waals surface area contributed by atoms with E-state index in [1.165, 1.54) is 0 Å². The Morgan fingerprint density at radius 3 is 2.39 bits per heavy atom.